The zero-order chi connectivity index (χ0) is 15.5. The summed E-state index contributed by atoms with van der Waals surface area (Å²) in [5.74, 6) is 1.29. The molecule has 1 aromatic carbocycles. The Bertz CT molecular complexity index is 686. The second-order valence-corrected chi connectivity index (χ2v) is 6.24. The maximum atomic E-state index is 12.3. The van der Waals surface area contributed by atoms with Crippen molar-refractivity contribution in [3.8, 4) is 11.5 Å². The van der Waals surface area contributed by atoms with Crippen molar-refractivity contribution in [2.24, 2.45) is 7.05 Å². The van der Waals surface area contributed by atoms with E-state index in [1.165, 1.54) is 11.8 Å². The smallest absolute Gasteiger partial charge is 0.237 e. The Labute approximate surface area is 132 Å². The summed E-state index contributed by atoms with van der Waals surface area (Å²) in [4.78, 5) is 16.5. The van der Waals surface area contributed by atoms with Crippen LogP contribution in [-0.4, -0.2) is 33.9 Å². The van der Waals surface area contributed by atoms with Crippen LogP contribution in [0.25, 0.3) is 0 Å². The van der Waals surface area contributed by atoms with Crippen LogP contribution in [0.5, 0.6) is 11.5 Å². The molecular formula is C15H17N3O3S. The highest BCUT2D eigenvalue weighted by Crippen LogP contribution is 2.33. The van der Waals surface area contributed by atoms with Gasteiger partial charge in [0.05, 0.1) is 5.25 Å². The van der Waals surface area contributed by atoms with Crippen LogP contribution in [0.3, 0.4) is 0 Å². The van der Waals surface area contributed by atoms with Gasteiger partial charge in [-0.2, -0.15) is 0 Å². The van der Waals surface area contributed by atoms with E-state index in [-0.39, 0.29) is 11.2 Å². The number of benzene rings is 1. The summed E-state index contributed by atoms with van der Waals surface area (Å²) in [7, 11) is 1.90. The van der Waals surface area contributed by atoms with E-state index < -0.39 is 0 Å². The molecule has 7 heteroatoms. The lowest BCUT2D eigenvalue weighted by atomic mass is 10.2. The number of anilines is 1. The molecule has 1 N–H and O–H groups in total. The molecule has 0 spiro atoms. The molecule has 22 heavy (non-hydrogen) atoms. The third kappa shape index (κ3) is 3.19. The van der Waals surface area contributed by atoms with Crippen LogP contribution >= 0.6 is 11.8 Å². The van der Waals surface area contributed by atoms with E-state index in [1.54, 1.807) is 18.3 Å². The Morgan fingerprint density at radius 2 is 2.14 bits per heavy atom. The molecule has 3 rings (SSSR count). The van der Waals surface area contributed by atoms with Crippen LogP contribution in [0.2, 0.25) is 0 Å². The second-order valence-electron chi connectivity index (χ2n) is 4.93. The topological polar surface area (TPSA) is 65.4 Å². The van der Waals surface area contributed by atoms with Gasteiger partial charge in [0.1, 0.15) is 13.2 Å². The van der Waals surface area contributed by atoms with Crippen molar-refractivity contribution < 1.29 is 14.3 Å². The number of rotatable bonds is 4. The number of nitrogens with zero attached hydrogens (tertiary/aromatic N) is 2. The molecule has 1 atom stereocenters. The number of carbonyl (C=O) groups is 1. The van der Waals surface area contributed by atoms with Gasteiger partial charge in [0, 0.05) is 31.2 Å². The number of hydrogen-bond donors (Lipinski definition) is 1. The molecule has 0 fully saturated rings. The minimum absolute atomic E-state index is 0.0790. The summed E-state index contributed by atoms with van der Waals surface area (Å²) in [5.41, 5.74) is 0.696. The number of aromatic nitrogens is 2. The van der Waals surface area contributed by atoms with Crippen molar-refractivity contribution in [3.63, 3.8) is 0 Å². The van der Waals surface area contributed by atoms with E-state index in [0.29, 0.717) is 30.4 Å². The van der Waals surface area contributed by atoms with Gasteiger partial charge in [0.15, 0.2) is 16.7 Å². The highest BCUT2D eigenvalue weighted by molar-refractivity contribution is 8.00. The zero-order valence-electron chi connectivity index (χ0n) is 12.4. The summed E-state index contributed by atoms with van der Waals surface area (Å²) in [6.45, 7) is 2.93. The lowest BCUT2D eigenvalue weighted by Gasteiger charge is -2.19. The molecule has 0 saturated carbocycles. The lowest BCUT2D eigenvalue weighted by Crippen LogP contribution is -2.23. The van der Waals surface area contributed by atoms with E-state index >= 15 is 0 Å². The first-order valence-electron chi connectivity index (χ1n) is 6.98. The molecule has 2 aromatic rings. The van der Waals surface area contributed by atoms with Gasteiger partial charge in [0.25, 0.3) is 0 Å². The molecule has 0 radical (unpaired) electrons. The van der Waals surface area contributed by atoms with E-state index in [1.807, 2.05) is 30.8 Å². The minimum atomic E-state index is -0.255. The number of hydrogen-bond acceptors (Lipinski definition) is 5. The lowest BCUT2D eigenvalue weighted by molar-refractivity contribution is -0.115. The van der Waals surface area contributed by atoms with Crippen molar-refractivity contribution in [1.82, 2.24) is 9.55 Å². The van der Waals surface area contributed by atoms with Gasteiger partial charge in [0.2, 0.25) is 5.91 Å². The van der Waals surface area contributed by atoms with Crippen molar-refractivity contribution in [1.29, 1.82) is 0 Å². The Balaban J connectivity index is 1.65. The molecule has 0 unspecified atom stereocenters. The van der Waals surface area contributed by atoms with Crippen LogP contribution in [0.1, 0.15) is 6.92 Å². The monoisotopic (exact) mass is 319 g/mol. The predicted octanol–water partition coefficient (Wildman–Crippen LogP) is 2.31. The largest absolute Gasteiger partial charge is 0.486 e. The van der Waals surface area contributed by atoms with Crippen LogP contribution < -0.4 is 14.8 Å². The Morgan fingerprint density at radius 3 is 2.86 bits per heavy atom. The van der Waals surface area contributed by atoms with Crippen molar-refractivity contribution in [3.05, 3.63) is 30.6 Å². The molecule has 0 aliphatic carbocycles. The number of amides is 1. The maximum absolute atomic E-state index is 12.3. The second kappa shape index (κ2) is 6.31. The van der Waals surface area contributed by atoms with Crippen molar-refractivity contribution >= 4 is 23.4 Å². The van der Waals surface area contributed by atoms with E-state index in [4.69, 9.17) is 9.47 Å². The minimum Gasteiger partial charge on any atom is -0.486 e. The summed E-state index contributed by atoms with van der Waals surface area (Å²) in [5, 5.41) is 3.45. The summed E-state index contributed by atoms with van der Waals surface area (Å²) >= 11 is 1.42. The first-order valence-corrected chi connectivity index (χ1v) is 7.86. The summed E-state index contributed by atoms with van der Waals surface area (Å²) < 4.78 is 12.9. The Hall–Kier alpha value is -2.15. The van der Waals surface area contributed by atoms with E-state index in [0.717, 1.165) is 5.16 Å². The normalized spacial score (nSPS) is 14.5. The molecule has 0 saturated heterocycles. The molecule has 1 aliphatic heterocycles. The van der Waals surface area contributed by atoms with Gasteiger partial charge < -0.3 is 19.4 Å². The van der Waals surface area contributed by atoms with Crippen molar-refractivity contribution in [2.75, 3.05) is 18.5 Å². The quantitative estimate of drug-likeness (QED) is 0.876. The molecule has 1 aliphatic rings. The number of imidazole rings is 1. The molecular weight excluding hydrogens is 302 g/mol. The number of ether oxygens (including phenoxy) is 2. The number of nitrogens with one attached hydrogen (secondary N) is 1. The first-order chi connectivity index (χ1) is 10.6. The number of aryl methyl sites for hydroxylation is 1. The van der Waals surface area contributed by atoms with E-state index in [9.17, 15) is 4.79 Å². The van der Waals surface area contributed by atoms with Gasteiger partial charge in [-0.3, -0.25) is 4.79 Å². The summed E-state index contributed by atoms with van der Waals surface area (Å²) in [6, 6.07) is 5.40. The van der Waals surface area contributed by atoms with Gasteiger partial charge in [-0.05, 0) is 19.1 Å². The maximum Gasteiger partial charge on any atom is 0.237 e. The molecule has 1 amide bonds. The van der Waals surface area contributed by atoms with E-state index in [2.05, 4.69) is 10.3 Å². The first kappa shape index (κ1) is 14.8. The molecule has 6 nitrogen and oxygen atoms in total. The highest BCUT2D eigenvalue weighted by atomic mass is 32.2. The number of thioether (sulfide) groups is 1. The standard InChI is InChI=1S/C15H17N3O3S/c1-10(22-15-16-5-6-18(15)2)14(19)17-11-3-4-12-13(9-11)21-8-7-20-12/h3-6,9-10H,7-8H2,1-2H3,(H,17,19)/t10-/m1/s1. The van der Waals surface area contributed by atoms with Crippen LogP contribution in [-0.2, 0) is 11.8 Å². The summed E-state index contributed by atoms with van der Waals surface area (Å²) in [6.07, 6.45) is 3.57. The van der Waals surface area contributed by atoms with Gasteiger partial charge in [-0.1, -0.05) is 11.8 Å². The molecule has 2 heterocycles. The fraction of sp³-hybridized carbons (Fsp3) is 0.333. The number of fused-ring (bicyclic) bond motifs is 1. The average Bonchev–Trinajstić information content (AvgIpc) is 2.92. The highest BCUT2D eigenvalue weighted by Gasteiger charge is 2.18. The average molecular weight is 319 g/mol. The Kier molecular flexibility index (Phi) is 4.24. The van der Waals surface area contributed by atoms with Crippen LogP contribution in [0.15, 0.2) is 35.7 Å². The predicted molar refractivity (Wildman–Crippen MR) is 84.6 cm³/mol. The van der Waals surface area contributed by atoms with Crippen molar-refractivity contribution in [2.45, 2.75) is 17.3 Å². The third-order valence-corrected chi connectivity index (χ3v) is 4.41. The zero-order valence-corrected chi connectivity index (χ0v) is 13.2. The third-order valence-electron chi connectivity index (χ3n) is 3.24. The molecule has 1 aromatic heterocycles. The molecule has 0 bridgehead atoms. The number of carbonyl (C=O) groups excluding carboxylic acids is 1. The fourth-order valence-electron chi connectivity index (χ4n) is 2.04. The Morgan fingerprint density at radius 1 is 1.36 bits per heavy atom. The van der Waals surface area contributed by atoms with Gasteiger partial charge >= 0.3 is 0 Å². The molecule has 116 valence electrons. The van der Waals surface area contributed by atoms with Gasteiger partial charge in [-0.15, -0.1) is 0 Å². The van der Waals surface area contributed by atoms with Gasteiger partial charge in [-0.25, -0.2) is 4.98 Å². The fourth-order valence-corrected chi connectivity index (χ4v) is 2.87. The van der Waals surface area contributed by atoms with Crippen LogP contribution in [0, 0.1) is 0 Å². The van der Waals surface area contributed by atoms with Crippen LogP contribution in [0.4, 0.5) is 5.69 Å². The SMILES string of the molecule is C[C@@H](Sc1nccn1C)C(=O)Nc1ccc2c(c1)OCCO2.